The van der Waals surface area contributed by atoms with Crippen LogP contribution in [0.3, 0.4) is 0 Å². The number of hydrogen-bond donors (Lipinski definition) is 1. The minimum Gasteiger partial charge on any atom is -0.369 e. The summed E-state index contributed by atoms with van der Waals surface area (Å²) in [6, 6.07) is 0. The van der Waals surface area contributed by atoms with Gasteiger partial charge in [0.05, 0.1) is 6.10 Å². The second-order valence-corrected chi connectivity index (χ2v) is 2.28. The molecule has 0 rings (SSSR count). The lowest BCUT2D eigenvalue weighted by atomic mass is 10.5. The minimum absolute atomic E-state index is 0.0175. The summed E-state index contributed by atoms with van der Waals surface area (Å²) >= 11 is 0. The molecule has 0 aromatic rings. The molecule has 0 aliphatic rings. The highest BCUT2D eigenvalue weighted by Gasteiger charge is 2.05. The second-order valence-electron chi connectivity index (χ2n) is 2.28. The lowest BCUT2D eigenvalue weighted by molar-refractivity contribution is -0.165. The van der Waals surface area contributed by atoms with Crippen molar-refractivity contribution >= 4 is 5.91 Å². The van der Waals surface area contributed by atoms with Crippen LogP contribution in [0.5, 0.6) is 0 Å². The summed E-state index contributed by atoms with van der Waals surface area (Å²) in [5.41, 5.74) is 0. The number of nitrogens with zero attached hydrogens (tertiary/aromatic N) is 1. The molecule has 0 aliphatic carbocycles. The molecule has 0 saturated heterocycles. The van der Waals surface area contributed by atoms with Gasteiger partial charge in [0.2, 0.25) is 0 Å². The van der Waals surface area contributed by atoms with Crippen molar-refractivity contribution in [3.05, 3.63) is 0 Å². The summed E-state index contributed by atoms with van der Waals surface area (Å²) < 4.78 is 4.91. The fraction of sp³-hybridized carbons (Fsp3) is 0.833. The number of rotatable bonds is 3. The van der Waals surface area contributed by atoms with Crippen LogP contribution in [0, 0.1) is 0 Å². The van der Waals surface area contributed by atoms with E-state index in [4.69, 9.17) is 9.94 Å². The zero-order valence-electron chi connectivity index (χ0n) is 6.50. The van der Waals surface area contributed by atoms with Crippen LogP contribution in [0.25, 0.3) is 0 Å². The first-order valence-electron chi connectivity index (χ1n) is 3.11. The Bertz CT molecular complexity index is 112. The minimum atomic E-state index is -0.436. The summed E-state index contributed by atoms with van der Waals surface area (Å²) in [4.78, 5) is 10.6. The predicted molar refractivity (Wildman–Crippen MR) is 35.6 cm³/mol. The maximum absolute atomic E-state index is 10.6. The van der Waals surface area contributed by atoms with Crippen LogP contribution in [-0.4, -0.2) is 35.9 Å². The quantitative estimate of drug-likeness (QED) is 0.460. The molecule has 0 radical (unpaired) electrons. The Kier molecular flexibility index (Phi) is 3.99. The molecular formula is C6H13NO3. The molecule has 0 bridgehead atoms. The summed E-state index contributed by atoms with van der Waals surface area (Å²) in [5.74, 6) is -0.436. The molecule has 4 nitrogen and oxygen atoms in total. The third-order valence-corrected chi connectivity index (χ3v) is 0.901. The van der Waals surface area contributed by atoms with E-state index in [1.165, 1.54) is 7.05 Å². The normalized spacial score (nSPS) is 10.1. The maximum atomic E-state index is 10.6. The standard InChI is InChI=1S/C6H13NO3/c1-5(2)10-4-6(8)7(3)9/h5,9H,4H2,1-3H3. The molecule has 0 heterocycles. The van der Waals surface area contributed by atoms with E-state index in [0.29, 0.717) is 5.06 Å². The third kappa shape index (κ3) is 4.29. The molecule has 0 saturated carbocycles. The summed E-state index contributed by atoms with van der Waals surface area (Å²) in [5, 5.41) is 9.05. The molecular weight excluding hydrogens is 134 g/mol. The lowest BCUT2D eigenvalue weighted by Crippen LogP contribution is -2.28. The van der Waals surface area contributed by atoms with Gasteiger partial charge in [-0.3, -0.25) is 10.0 Å². The van der Waals surface area contributed by atoms with E-state index in [0.717, 1.165) is 0 Å². The molecule has 10 heavy (non-hydrogen) atoms. The van der Waals surface area contributed by atoms with Crippen LogP contribution in [-0.2, 0) is 9.53 Å². The van der Waals surface area contributed by atoms with Crippen molar-refractivity contribution < 1.29 is 14.7 Å². The Labute approximate surface area is 60.3 Å². The topological polar surface area (TPSA) is 49.8 Å². The number of likely N-dealkylation sites (N-methyl/N-ethyl adjacent to an activating group) is 1. The van der Waals surface area contributed by atoms with Gasteiger partial charge in [-0.05, 0) is 13.8 Å². The van der Waals surface area contributed by atoms with E-state index >= 15 is 0 Å². The molecule has 0 fully saturated rings. The first kappa shape index (κ1) is 9.39. The number of amides is 1. The molecule has 0 aromatic heterocycles. The van der Waals surface area contributed by atoms with Crippen molar-refractivity contribution in [3.8, 4) is 0 Å². The van der Waals surface area contributed by atoms with E-state index in [1.807, 2.05) is 13.8 Å². The highest BCUT2D eigenvalue weighted by molar-refractivity contribution is 5.75. The Morgan fingerprint density at radius 2 is 2.20 bits per heavy atom. The molecule has 60 valence electrons. The van der Waals surface area contributed by atoms with E-state index < -0.39 is 5.91 Å². The third-order valence-electron chi connectivity index (χ3n) is 0.901. The Hall–Kier alpha value is -0.610. The average Bonchev–Trinajstić information content (AvgIpc) is 1.82. The number of ether oxygens (including phenoxy) is 1. The highest BCUT2D eigenvalue weighted by atomic mass is 16.5. The van der Waals surface area contributed by atoms with Gasteiger partial charge in [-0.2, -0.15) is 0 Å². The Morgan fingerprint density at radius 1 is 1.70 bits per heavy atom. The van der Waals surface area contributed by atoms with E-state index in [2.05, 4.69) is 0 Å². The van der Waals surface area contributed by atoms with Crippen LogP contribution in [0.1, 0.15) is 13.8 Å². The smallest absolute Gasteiger partial charge is 0.271 e. The maximum Gasteiger partial charge on any atom is 0.271 e. The van der Waals surface area contributed by atoms with Crippen LogP contribution in [0.2, 0.25) is 0 Å². The van der Waals surface area contributed by atoms with Gasteiger partial charge in [0, 0.05) is 7.05 Å². The molecule has 0 aliphatic heterocycles. The van der Waals surface area contributed by atoms with Crippen molar-refractivity contribution in [1.82, 2.24) is 5.06 Å². The summed E-state index contributed by atoms with van der Waals surface area (Å²) in [6.45, 7) is 3.58. The van der Waals surface area contributed by atoms with E-state index in [-0.39, 0.29) is 12.7 Å². The van der Waals surface area contributed by atoms with Crippen LogP contribution < -0.4 is 0 Å². The van der Waals surface area contributed by atoms with Gasteiger partial charge < -0.3 is 4.74 Å². The number of hydroxylamine groups is 2. The first-order chi connectivity index (χ1) is 4.54. The number of carbonyl (C=O) groups is 1. The van der Waals surface area contributed by atoms with Crippen LogP contribution in [0.15, 0.2) is 0 Å². The molecule has 0 unspecified atom stereocenters. The van der Waals surface area contributed by atoms with Crippen molar-refractivity contribution in [2.45, 2.75) is 20.0 Å². The molecule has 4 heteroatoms. The van der Waals surface area contributed by atoms with Gasteiger partial charge in [-0.1, -0.05) is 0 Å². The van der Waals surface area contributed by atoms with Gasteiger partial charge in [0.25, 0.3) is 5.91 Å². The van der Waals surface area contributed by atoms with Gasteiger partial charge in [-0.25, -0.2) is 5.06 Å². The predicted octanol–water partition coefficient (Wildman–Crippen LogP) is 0.259. The lowest BCUT2D eigenvalue weighted by Gasteiger charge is -2.10. The summed E-state index contributed by atoms with van der Waals surface area (Å²) in [7, 11) is 1.27. The molecule has 0 spiro atoms. The second kappa shape index (κ2) is 4.24. The first-order valence-corrected chi connectivity index (χ1v) is 3.11. The Balaban J connectivity index is 3.40. The summed E-state index contributed by atoms with van der Waals surface area (Å²) in [6.07, 6.45) is 0.0175. The van der Waals surface area contributed by atoms with E-state index in [9.17, 15) is 4.79 Å². The van der Waals surface area contributed by atoms with Gasteiger partial charge in [-0.15, -0.1) is 0 Å². The van der Waals surface area contributed by atoms with Gasteiger partial charge >= 0.3 is 0 Å². The monoisotopic (exact) mass is 147 g/mol. The fourth-order valence-corrected chi connectivity index (χ4v) is 0.331. The molecule has 1 amide bonds. The van der Waals surface area contributed by atoms with Gasteiger partial charge in [0.15, 0.2) is 0 Å². The average molecular weight is 147 g/mol. The zero-order valence-corrected chi connectivity index (χ0v) is 6.50. The fourth-order valence-electron chi connectivity index (χ4n) is 0.331. The number of carbonyl (C=O) groups excluding carboxylic acids is 1. The largest absolute Gasteiger partial charge is 0.369 e. The van der Waals surface area contributed by atoms with Crippen molar-refractivity contribution in [2.75, 3.05) is 13.7 Å². The number of hydrogen-bond acceptors (Lipinski definition) is 3. The molecule has 0 atom stereocenters. The van der Waals surface area contributed by atoms with Crippen molar-refractivity contribution in [1.29, 1.82) is 0 Å². The Morgan fingerprint density at radius 3 is 2.50 bits per heavy atom. The van der Waals surface area contributed by atoms with Gasteiger partial charge in [0.1, 0.15) is 6.61 Å². The molecule has 1 N–H and O–H groups in total. The van der Waals surface area contributed by atoms with Crippen LogP contribution >= 0.6 is 0 Å². The van der Waals surface area contributed by atoms with Crippen molar-refractivity contribution in [2.24, 2.45) is 0 Å². The molecule has 0 aromatic carbocycles. The van der Waals surface area contributed by atoms with Crippen molar-refractivity contribution in [3.63, 3.8) is 0 Å². The van der Waals surface area contributed by atoms with Crippen LogP contribution in [0.4, 0.5) is 0 Å². The SMILES string of the molecule is CC(C)OCC(=O)N(C)O. The van der Waals surface area contributed by atoms with E-state index in [1.54, 1.807) is 0 Å². The zero-order chi connectivity index (χ0) is 8.15. The highest BCUT2D eigenvalue weighted by Crippen LogP contribution is 1.88.